The molecule has 1 N–H and O–H groups in total. The SMILES string of the molecule is CN(CO)CCc1coc2ccccc12. The molecule has 0 amide bonds. The van der Waals surface area contributed by atoms with Gasteiger partial charge in [0.25, 0.3) is 0 Å². The van der Waals surface area contributed by atoms with Gasteiger partial charge in [0.2, 0.25) is 0 Å². The summed E-state index contributed by atoms with van der Waals surface area (Å²) in [6.07, 6.45) is 2.70. The number of hydrogen-bond donors (Lipinski definition) is 1. The molecule has 0 bridgehead atoms. The van der Waals surface area contributed by atoms with Crippen molar-refractivity contribution in [2.45, 2.75) is 6.42 Å². The number of rotatable bonds is 4. The Morgan fingerprint density at radius 1 is 1.33 bits per heavy atom. The summed E-state index contributed by atoms with van der Waals surface area (Å²) in [7, 11) is 1.89. The summed E-state index contributed by atoms with van der Waals surface area (Å²) in [6, 6.07) is 8.01. The van der Waals surface area contributed by atoms with Crippen LogP contribution in [0.15, 0.2) is 34.9 Å². The third-order valence-corrected chi connectivity index (χ3v) is 2.57. The molecule has 15 heavy (non-hydrogen) atoms. The van der Waals surface area contributed by atoms with Gasteiger partial charge in [-0.15, -0.1) is 0 Å². The van der Waals surface area contributed by atoms with E-state index in [9.17, 15) is 0 Å². The van der Waals surface area contributed by atoms with E-state index in [1.54, 1.807) is 6.26 Å². The lowest BCUT2D eigenvalue weighted by molar-refractivity contribution is 0.134. The van der Waals surface area contributed by atoms with Crippen LogP contribution in [0.1, 0.15) is 5.56 Å². The zero-order chi connectivity index (χ0) is 10.7. The lowest BCUT2D eigenvalue weighted by atomic mass is 10.1. The molecule has 2 rings (SSSR count). The number of benzene rings is 1. The second-order valence-corrected chi connectivity index (χ2v) is 3.73. The van der Waals surface area contributed by atoms with Gasteiger partial charge in [0.15, 0.2) is 0 Å². The van der Waals surface area contributed by atoms with E-state index in [4.69, 9.17) is 9.52 Å². The minimum absolute atomic E-state index is 0.0930. The van der Waals surface area contributed by atoms with E-state index in [1.807, 2.05) is 30.1 Å². The van der Waals surface area contributed by atoms with Crippen LogP contribution >= 0.6 is 0 Å². The molecule has 1 heterocycles. The van der Waals surface area contributed by atoms with Crippen LogP contribution < -0.4 is 0 Å². The Morgan fingerprint density at radius 2 is 2.13 bits per heavy atom. The first-order chi connectivity index (χ1) is 7.31. The van der Waals surface area contributed by atoms with Crippen LogP contribution in [0.5, 0.6) is 0 Å². The molecule has 3 nitrogen and oxygen atoms in total. The van der Waals surface area contributed by atoms with Gasteiger partial charge in [0.1, 0.15) is 5.58 Å². The highest BCUT2D eigenvalue weighted by Gasteiger charge is 2.05. The largest absolute Gasteiger partial charge is 0.464 e. The average Bonchev–Trinajstić information content (AvgIpc) is 2.69. The van der Waals surface area contributed by atoms with Crippen LogP contribution in [-0.4, -0.2) is 30.3 Å². The van der Waals surface area contributed by atoms with Crippen molar-refractivity contribution < 1.29 is 9.52 Å². The van der Waals surface area contributed by atoms with Gasteiger partial charge in [0, 0.05) is 11.9 Å². The minimum atomic E-state index is 0.0930. The smallest absolute Gasteiger partial charge is 0.134 e. The van der Waals surface area contributed by atoms with Gasteiger partial charge in [-0.1, -0.05) is 18.2 Å². The fourth-order valence-corrected chi connectivity index (χ4v) is 1.61. The molecule has 1 aromatic carbocycles. The van der Waals surface area contributed by atoms with E-state index in [0.717, 1.165) is 18.5 Å². The maximum atomic E-state index is 8.88. The molecule has 1 aromatic heterocycles. The van der Waals surface area contributed by atoms with Gasteiger partial charge in [-0.3, -0.25) is 4.90 Å². The highest BCUT2D eigenvalue weighted by Crippen LogP contribution is 2.20. The van der Waals surface area contributed by atoms with Gasteiger partial charge in [-0.05, 0) is 25.1 Å². The van der Waals surface area contributed by atoms with Crippen LogP contribution in [0.4, 0.5) is 0 Å². The Morgan fingerprint density at radius 3 is 2.93 bits per heavy atom. The van der Waals surface area contributed by atoms with E-state index < -0.39 is 0 Å². The van der Waals surface area contributed by atoms with Gasteiger partial charge >= 0.3 is 0 Å². The van der Waals surface area contributed by atoms with Crippen molar-refractivity contribution >= 4 is 11.0 Å². The summed E-state index contributed by atoms with van der Waals surface area (Å²) >= 11 is 0. The molecule has 0 saturated carbocycles. The molecule has 2 aromatic rings. The highest BCUT2D eigenvalue weighted by atomic mass is 16.3. The first-order valence-corrected chi connectivity index (χ1v) is 5.06. The quantitative estimate of drug-likeness (QED) is 0.774. The highest BCUT2D eigenvalue weighted by molar-refractivity contribution is 5.80. The molecule has 0 aliphatic carbocycles. The van der Waals surface area contributed by atoms with Crippen LogP contribution in [0.2, 0.25) is 0 Å². The number of aliphatic hydroxyl groups excluding tert-OH is 1. The Kier molecular flexibility index (Phi) is 3.04. The Hall–Kier alpha value is -1.32. The summed E-state index contributed by atoms with van der Waals surface area (Å²) in [4.78, 5) is 1.86. The maximum Gasteiger partial charge on any atom is 0.134 e. The molecule has 80 valence electrons. The number of aliphatic hydroxyl groups is 1. The molecule has 0 atom stereocenters. The topological polar surface area (TPSA) is 36.6 Å². The fourth-order valence-electron chi connectivity index (χ4n) is 1.61. The molecule has 0 saturated heterocycles. The second-order valence-electron chi connectivity index (χ2n) is 3.73. The van der Waals surface area contributed by atoms with E-state index in [-0.39, 0.29) is 6.73 Å². The summed E-state index contributed by atoms with van der Waals surface area (Å²) in [5.41, 5.74) is 2.13. The van der Waals surface area contributed by atoms with Crippen molar-refractivity contribution in [2.75, 3.05) is 20.3 Å². The molecule has 0 unspecified atom stereocenters. The monoisotopic (exact) mass is 205 g/mol. The number of likely N-dealkylation sites (N-methyl/N-ethyl adjacent to an activating group) is 1. The van der Waals surface area contributed by atoms with E-state index in [0.29, 0.717) is 0 Å². The van der Waals surface area contributed by atoms with Crippen molar-refractivity contribution in [1.82, 2.24) is 4.90 Å². The summed E-state index contributed by atoms with van der Waals surface area (Å²) in [5, 5.41) is 10.0. The van der Waals surface area contributed by atoms with Gasteiger partial charge in [-0.25, -0.2) is 0 Å². The van der Waals surface area contributed by atoms with E-state index in [1.165, 1.54) is 10.9 Å². The summed E-state index contributed by atoms with van der Waals surface area (Å²) in [6.45, 7) is 0.926. The predicted molar refractivity (Wildman–Crippen MR) is 59.6 cm³/mol. The van der Waals surface area contributed by atoms with Crippen LogP contribution in [0.3, 0.4) is 0 Å². The molecule has 0 radical (unpaired) electrons. The fraction of sp³-hybridized carbons (Fsp3) is 0.333. The van der Waals surface area contributed by atoms with Gasteiger partial charge in [-0.2, -0.15) is 0 Å². The molecular formula is C12H15NO2. The number of hydrogen-bond acceptors (Lipinski definition) is 3. The lowest BCUT2D eigenvalue weighted by Crippen LogP contribution is -2.21. The maximum absolute atomic E-state index is 8.88. The van der Waals surface area contributed by atoms with Crippen molar-refractivity contribution in [3.05, 3.63) is 36.1 Å². The third kappa shape index (κ3) is 2.19. The molecule has 0 aliphatic rings. The molecule has 3 heteroatoms. The first kappa shape index (κ1) is 10.2. The first-order valence-electron chi connectivity index (χ1n) is 5.06. The second kappa shape index (κ2) is 4.47. The van der Waals surface area contributed by atoms with E-state index >= 15 is 0 Å². The van der Waals surface area contributed by atoms with Crippen molar-refractivity contribution in [2.24, 2.45) is 0 Å². The molecule has 0 spiro atoms. The van der Waals surface area contributed by atoms with Crippen LogP contribution in [0, 0.1) is 0 Å². The van der Waals surface area contributed by atoms with Gasteiger partial charge < -0.3 is 9.52 Å². The Bertz CT molecular complexity index is 436. The number of nitrogens with zero attached hydrogens (tertiary/aromatic N) is 1. The lowest BCUT2D eigenvalue weighted by Gasteiger charge is -2.11. The average molecular weight is 205 g/mol. The number of para-hydroxylation sites is 1. The standard InChI is InChI=1S/C12H15NO2/c1-13(9-14)7-6-10-8-15-12-5-3-2-4-11(10)12/h2-5,8,14H,6-7,9H2,1H3. The van der Waals surface area contributed by atoms with E-state index in [2.05, 4.69) is 6.07 Å². The number of furan rings is 1. The molecule has 0 aliphatic heterocycles. The third-order valence-electron chi connectivity index (χ3n) is 2.57. The van der Waals surface area contributed by atoms with Gasteiger partial charge in [0.05, 0.1) is 13.0 Å². The van der Waals surface area contributed by atoms with Crippen molar-refractivity contribution in [3.8, 4) is 0 Å². The minimum Gasteiger partial charge on any atom is -0.464 e. The van der Waals surface area contributed by atoms with Crippen LogP contribution in [0.25, 0.3) is 11.0 Å². The molecular weight excluding hydrogens is 190 g/mol. The Balaban J connectivity index is 2.14. The normalized spacial score (nSPS) is 11.4. The van der Waals surface area contributed by atoms with Crippen molar-refractivity contribution in [3.63, 3.8) is 0 Å². The zero-order valence-corrected chi connectivity index (χ0v) is 8.81. The van der Waals surface area contributed by atoms with Crippen molar-refractivity contribution in [1.29, 1.82) is 0 Å². The summed E-state index contributed by atoms with van der Waals surface area (Å²) in [5.74, 6) is 0. The predicted octanol–water partition coefficient (Wildman–Crippen LogP) is 1.86. The Labute approximate surface area is 88.9 Å². The molecule has 0 fully saturated rings. The zero-order valence-electron chi connectivity index (χ0n) is 8.81. The number of fused-ring (bicyclic) bond motifs is 1. The summed E-state index contributed by atoms with van der Waals surface area (Å²) < 4.78 is 5.43. The van der Waals surface area contributed by atoms with Crippen LogP contribution in [-0.2, 0) is 6.42 Å².